The molecule has 0 aromatic carbocycles. The molecule has 2 aromatic heterocycles. The van der Waals surface area contributed by atoms with Gasteiger partial charge < -0.3 is 4.42 Å². The van der Waals surface area contributed by atoms with Crippen molar-refractivity contribution in [1.82, 2.24) is 4.90 Å². The molecule has 17 heavy (non-hydrogen) atoms. The fourth-order valence-electron chi connectivity index (χ4n) is 1.98. The molecule has 0 N–H and O–H groups in total. The molecular formula is C13H14BrNOS. The minimum Gasteiger partial charge on any atom is -0.468 e. The van der Waals surface area contributed by atoms with Gasteiger partial charge in [0.15, 0.2) is 0 Å². The van der Waals surface area contributed by atoms with Crippen LogP contribution in [0.1, 0.15) is 23.5 Å². The van der Waals surface area contributed by atoms with Crippen LogP contribution in [-0.4, -0.2) is 10.9 Å². The predicted molar refractivity (Wildman–Crippen MR) is 73.0 cm³/mol. The maximum atomic E-state index is 5.44. The second-order valence-electron chi connectivity index (χ2n) is 4.41. The number of nitrogens with zero attached hydrogens (tertiary/aromatic N) is 1. The lowest BCUT2D eigenvalue weighted by atomic mass is 10.3. The molecule has 2 aromatic rings. The van der Waals surface area contributed by atoms with Crippen molar-refractivity contribution in [2.75, 3.05) is 0 Å². The van der Waals surface area contributed by atoms with Crippen LogP contribution >= 0.6 is 27.3 Å². The zero-order valence-electron chi connectivity index (χ0n) is 9.43. The van der Waals surface area contributed by atoms with Crippen LogP contribution in [0.5, 0.6) is 0 Å². The Hall–Kier alpha value is -0.580. The summed E-state index contributed by atoms with van der Waals surface area (Å²) in [5, 5.41) is 2.14. The van der Waals surface area contributed by atoms with Gasteiger partial charge in [0.25, 0.3) is 0 Å². The number of hydrogen-bond donors (Lipinski definition) is 0. The zero-order valence-corrected chi connectivity index (χ0v) is 11.8. The largest absolute Gasteiger partial charge is 0.468 e. The van der Waals surface area contributed by atoms with Gasteiger partial charge in [0.2, 0.25) is 0 Å². The van der Waals surface area contributed by atoms with Crippen molar-refractivity contribution in [3.8, 4) is 0 Å². The van der Waals surface area contributed by atoms with E-state index in [1.807, 2.05) is 17.4 Å². The molecule has 1 saturated carbocycles. The van der Waals surface area contributed by atoms with E-state index in [-0.39, 0.29) is 0 Å². The molecule has 0 unspecified atom stereocenters. The molecule has 1 aliphatic rings. The molecule has 1 fully saturated rings. The van der Waals surface area contributed by atoms with Gasteiger partial charge in [-0.1, -0.05) is 0 Å². The Morgan fingerprint density at radius 1 is 1.35 bits per heavy atom. The summed E-state index contributed by atoms with van der Waals surface area (Å²) < 4.78 is 6.67. The monoisotopic (exact) mass is 311 g/mol. The Kier molecular flexibility index (Phi) is 3.36. The molecule has 0 radical (unpaired) electrons. The van der Waals surface area contributed by atoms with Crippen molar-refractivity contribution in [3.63, 3.8) is 0 Å². The van der Waals surface area contributed by atoms with Crippen LogP contribution in [0.15, 0.2) is 38.7 Å². The highest BCUT2D eigenvalue weighted by molar-refractivity contribution is 9.10. The molecule has 0 spiro atoms. The third-order valence-corrected chi connectivity index (χ3v) is 4.95. The van der Waals surface area contributed by atoms with Gasteiger partial charge in [-0.05, 0) is 52.4 Å². The molecule has 1 aliphatic carbocycles. The number of rotatable bonds is 5. The Morgan fingerprint density at radius 3 is 2.82 bits per heavy atom. The van der Waals surface area contributed by atoms with Crippen LogP contribution in [0.2, 0.25) is 0 Å². The molecule has 0 amide bonds. The van der Waals surface area contributed by atoms with Crippen molar-refractivity contribution in [2.24, 2.45) is 0 Å². The van der Waals surface area contributed by atoms with Gasteiger partial charge >= 0.3 is 0 Å². The zero-order chi connectivity index (χ0) is 11.7. The minimum absolute atomic E-state index is 0.745. The number of furan rings is 1. The van der Waals surface area contributed by atoms with Gasteiger partial charge in [-0.25, -0.2) is 0 Å². The highest BCUT2D eigenvalue weighted by Gasteiger charge is 2.30. The summed E-state index contributed by atoms with van der Waals surface area (Å²) in [5.41, 5.74) is 0. The summed E-state index contributed by atoms with van der Waals surface area (Å²) in [4.78, 5) is 3.92. The Morgan fingerprint density at radius 2 is 2.24 bits per heavy atom. The summed E-state index contributed by atoms with van der Waals surface area (Å²) in [5.74, 6) is 1.06. The van der Waals surface area contributed by atoms with Crippen molar-refractivity contribution < 1.29 is 4.42 Å². The summed E-state index contributed by atoms with van der Waals surface area (Å²) in [6.45, 7) is 1.94. The van der Waals surface area contributed by atoms with E-state index in [1.165, 1.54) is 22.2 Å². The summed E-state index contributed by atoms with van der Waals surface area (Å²) in [6, 6.07) is 6.88. The van der Waals surface area contributed by atoms with Gasteiger partial charge in [0.1, 0.15) is 5.76 Å². The van der Waals surface area contributed by atoms with E-state index in [9.17, 15) is 0 Å². The van der Waals surface area contributed by atoms with Crippen LogP contribution in [0.3, 0.4) is 0 Å². The Labute approximate surface area is 113 Å². The van der Waals surface area contributed by atoms with Crippen LogP contribution in [0.4, 0.5) is 0 Å². The first-order valence-electron chi connectivity index (χ1n) is 5.81. The molecule has 0 atom stereocenters. The van der Waals surface area contributed by atoms with Crippen LogP contribution in [0.25, 0.3) is 0 Å². The van der Waals surface area contributed by atoms with Crippen molar-refractivity contribution in [3.05, 3.63) is 45.0 Å². The molecule has 90 valence electrons. The average Bonchev–Trinajstić information content (AvgIpc) is 2.91. The lowest BCUT2D eigenvalue weighted by Crippen LogP contribution is -2.24. The molecule has 2 heterocycles. The van der Waals surface area contributed by atoms with Gasteiger partial charge in [-0.3, -0.25) is 4.90 Å². The second-order valence-corrected chi connectivity index (χ2v) is 6.26. The molecule has 2 nitrogen and oxygen atoms in total. The maximum Gasteiger partial charge on any atom is 0.117 e. The molecular weight excluding hydrogens is 298 g/mol. The summed E-state index contributed by atoms with van der Waals surface area (Å²) in [6.07, 6.45) is 4.40. The third-order valence-electron chi connectivity index (χ3n) is 3.04. The molecule has 0 aliphatic heterocycles. The first-order chi connectivity index (χ1) is 8.33. The maximum absolute atomic E-state index is 5.44. The topological polar surface area (TPSA) is 16.4 Å². The Balaban J connectivity index is 1.70. The van der Waals surface area contributed by atoms with Crippen LogP contribution in [0, 0.1) is 0 Å². The smallest absolute Gasteiger partial charge is 0.117 e. The average molecular weight is 312 g/mol. The Bertz CT molecular complexity index is 475. The molecule has 4 heteroatoms. The lowest BCUT2D eigenvalue weighted by Gasteiger charge is -2.20. The summed E-state index contributed by atoms with van der Waals surface area (Å²) >= 11 is 5.42. The van der Waals surface area contributed by atoms with E-state index in [0.717, 1.165) is 24.9 Å². The third kappa shape index (κ3) is 2.81. The molecule has 3 rings (SSSR count). The molecule has 0 bridgehead atoms. The number of hydrogen-bond acceptors (Lipinski definition) is 3. The predicted octanol–water partition coefficient (Wildman–Crippen LogP) is 4.27. The SMILES string of the molecule is Brc1ccsc1CN(Cc1ccco1)C1CC1. The fraction of sp³-hybridized carbons (Fsp3) is 0.385. The van der Waals surface area contributed by atoms with E-state index >= 15 is 0 Å². The second kappa shape index (κ2) is 4.96. The molecule has 0 saturated heterocycles. The van der Waals surface area contributed by atoms with Gasteiger partial charge in [0, 0.05) is 21.9 Å². The van der Waals surface area contributed by atoms with Crippen molar-refractivity contribution in [1.29, 1.82) is 0 Å². The highest BCUT2D eigenvalue weighted by atomic mass is 79.9. The standard InChI is InChI=1S/C13H14BrNOS/c14-12-5-7-17-13(12)9-15(10-3-4-10)8-11-2-1-6-16-11/h1-2,5-7,10H,3-4,8-9H2. The van der Waals surface area contributed by atoms with Crippen molar-refractivity contribution in [2.45, 2.75) is 32.0 Å². The lowest BCUT2D eigenvalue weighted by molar-refractivity contribution is 0.227. The number of thiophene rings is 1. The number of halogens is 1. The highest BCUT2D eigenvalue weighted by Crippen LogP contribution is 2.32. The van der Waals surface area contributed by atoms with Gasteiger partial charge in [0.05, 0.1) is 12.8 Å². The van der Waals surface area contributed by atoms with E-state index in [0.29, 0.717) is 0 Å². The first kappa shape index (κ1) is 11.5. The normalized spacial score (nSPS) is 15.6. The minimum atomic E-state index is 0.745. The van der Waals surface area contributed by atoms with Gasteiger partial charge in [-0.2, -0.15) is 0 Å². The van der Waals surface area contributed by atoms with E-state index in [4.69, 9.17) is 4.42 Å². The van der Waals surface area contributed by atoms with Crippen LogP contribution < -0.4 is 0 Å². The van der Waals surface area contributed by atoms with E-state index in [1.54, 1.807) is 6.26 Å². The van der Waals surface area contributed by atoms with E-state index in [2.05, 4.69) is 38.3 Å². The van der Waals surface area contributed by atoms with Crippen molar-refractivity contribution >= 4 is 27.3 Å². The van der Waals surface area contributed by atoms with Crippen LogP contribution in [-0.2, 0) is 13.1 Å². The quantitative estimate of drug-likeness (QED) is 0.820. The first-order valence-corrected chi connectivity index (χ1v) is 7.48. The fourth-order valence-corrected chi connectivity index (χ4v) is 3.48. The van der Waals surface area contributed by atoms with E-state index < -0.39 is 0 Å². The summed E-state index contributed by atoms with van der Waals surface area (Å²) in [7, 11) is 0. The van der Waals surface area contributed by atoms with Gasteiger partial charge in [-0.15, -0.1) is 11.3 Å².